The van der Waals surface area contributed by atoms with Crippen molar-refractivity contribution in [2.75, 3.05) is 13.7 Å². The Kier molecular flexibility index (Phi) is 3.42. The highest BCUT2D eigenvalue weighted by Gasteiger charge is 2.11. The fourth-order valence-corrected chi connectivity index (χ4v) is 1.82. The van der Waals surface area contributed by atoms with Crippen molar-refractivity contribution in [1.82, 2.24) is 19.5 Å². The zero-order valence-corrected chi connectivity index (χ0v) is 10.4. The number of hydrogen-bond donors (Lipinski definition) is 2. The highest BCUT2D eigenvalue weighted by Crippen LogP contribution is 2.19. The van der Waals surface area contributed by atoms with Gasteiger partial charge in [0.2, 0.25) is 5.88 Å². The van der Waals surface area contributed by atoms with Gasteiger partial charge in [-0.15, -0.1) is 0 Å². The van der Waals surface area contributed by atoms with Gasteiger partial charge in [-0.05, 0) is 12.2 Å². The molecule has 9 heteroatoms. The minimum atomic E-state index is -0.825. The van der Waals surface area contributed by atoms with Crippen LogP contribution in [0.5, 0.6) is 5.88 Å². The Balaban J connectivity index is 2.36. The molecule has 0 spiro atoms. The molecule has 2 heterocycles. The molecule has 0 saturated heterocycles. The number of primary amides is 1. The smallest absolute Gasteiger partial charge is 0.404 e. The molecule has 18 heavy (non-hydrogen) atoms. The summed E-state index contributed by atoms with van der Waals surface area (Å²) in [6, 6.07) is 0. The second-order valence-electron chi connectivity index (χ2n) is 3.33. The van der Waals surface area contributed by atoms with Crippen LogP contribution in [0.3, 0.4) is 0 Å². The lowest BCUT2D eigenvalue weighted by Gasteiger charge is -2.04. The maximum absolute atomic E-state index is 10.5. The molecule has 96 valence electrons. The molecule has 0 bridgehead atoms. The van der Waals surface area contributed by atoms with E-state index in [0.29, 0.717) is 28.4 Å². The summed E-state index contributed by atoms with van der Waals surface area (Å²) in [6.07, 6.45) is 0.545. The van der Waals surface area contributed by atoms with Crippen LogP contribution >= 0.6 is 12.2 Å². The minimum Gasteiger partial charge on any atom is -0.479 e. The summed E-state index contributed by atoms with van der Waals surface area (Å²) in [6.45, 7) is 0.463. The molecule has 0 radical (unpaired) electrons. The summed E-state index contributed by atoms with van der Waals surface area (Å²) >= 11 is 5.15. The van der Waals surface area contributed by atoms with E-state index >= 15 is 0 Å². The highest BCUT2D eigenvalue weighted by molar-refractivity contribution is 7.71. The van der Waals surface area contributed by atoms with Gasteiger partial charge in [-0.3, -0.25) is 4.57 Å². The van der Waals surface area contributed by atoms with Crippen LogP contribution in [0, 0.1) is 4.77 Å². The van der Waals surface area contributed by atoms with E-state index in [0.717, 1.165) is 0 Å². The Morgan fingerprint density at radius 2 is 2.39 bits per heavy atom. The van der Waals surface area contributed by atoms with Gasteiger partial charge in [0, 0.05) is 0 Å². The molecule has 2 aromatic rings. The van der Waals surface area contributed by atoms with Crippen molar-refractivity contribution in [3.05, 3.63) is 11.1 Å². The van der Waals surface area contributed by atoms with E-state index in [-0.39, 0.29) is 6.61 Å². The monoisotopic (exact) mass is 269 g/mol. The number of nitrogens with two attached hydrogens (primary N) is 1. The zero-order valence-electron chi connectivity index (χ0n) is 9.54. The highest BCUT2D eigenvalue weighted by atomic mass is 32.1. The molecule has 0 unspecified atom stereocenters. The van der Waals surface area contributed by atoms with E-state index in [4.69, 9.17) is 22.7 Å². The summed E-state index contributed by atoms with van der Waals surface area (Å²) in [5, 5.41) is 0. The number of imidazole rings is 1. The summed E-state index contributed by atoms with van der Waals surface area (Å²) in [5.74, 6) is 0.403. The van der Waals surface area contributed by atoms with Crippen molar-refractivity contribution in [3.8, 4) is 5.88 Å². The number of carbonyl (C=O) groups excluding carboxylic acids is 1. The van der Waals surface area contributed by atoms with Crippen LogP contribution < -0.4 is 10.5 Å². The van der Waals surface area contributed by atoms with Gasteiger partial charge < -0.3 is 20.2 Å². The van der Waals surface area contributed by atoms with Crippen LogP contribution in [0.4, 0.5) is 4.79 Å². The third-order valence-corrected chi connectivity index (χ3v) is 2.60. The third-order valence-electron chi connectivity index (χ3n) is 2.28. The first kappa shape index (κ1) is 12.3. The molecule has 2 aromatic heterocycles. The Hall–Kier alpha value is -2.16. The zero-order chi connectivity index (χ0) is 13.1. The van der Waals surface area contributed by atoms with Crippen LogP contribution in [0.2, 0.25) is 0 Å². The predicted molar refractivity (Wildman–Crippen MR) is 64.8 cm³/mol. The number of aromatic nitrogens is 4. The lowest BCUT2D eigenvalue weighted by Crippen LogP contribution is -2.16. The quantitative estimate of drug-likeness (QED) is 0.786. The maximum Gasteiger partial charge on any atom is 0.404 e. The first-order valence-electron chi connectivity index (χ1n) is 5.03. The number of aromatic amines is 1. The summed E-state index contributed by atoms with van der Waals surface area (Å²) in [5.41, 5.74) is 6.06. The van der Waals surface area contributed by atoms with E-state index in [1.54, 1.807) is 4.57 Å². The van der Waals surface area contributed by atoms with Crippen LogP contribution in [0.25, 0.3) is 11.2 Å². The van der Waals surface area contributed by atoms with Gasteiger partial charge in [0.15, 0.2) is 10.4 Å². The first-order chi connectivity index (χ1) is 8.63. The molecule has 0 atom stereocenters. The Morgan fingerprint density at radius 3 is 3.06 bits per heavy atom. The second-order valence-corrected chi connectivity index (χ2v) is 3.72. The molecule has 0 fully saturated rings. The molecule has 0 saturated carbocycles. The van der Waals surface area contributed by atoms with Crippen LogP contribution in [0.15, 0.2) is 6.33 Å². The number of methoxy groups -OCH3 is 1. The Morgan fingerprint density at radius 1 is 1.61 bits per heavy atom. The number of rotatable bonds is 4. The molecule has 1 amide bonds. The average Bonchev–Trinajstić information content (AvgIpc) is 2.65. The van der Waals surface area contributed by atoms with Crippen molar-refractivity contribution in [2.45, 2.75) is 6.54 Å². The molecule has 0 aliphatic carbocycles. The summed E-state index contributed by atoms with van der Waals surface area (Å²) < 4.78 is 11.9. The van der Waals surface area contributed by atoms with Gasteiger partial charge in [0.25, 0.3) is 0 Å². The van der Waals surface area contributed by atoms with Crippen molar-refractivity contribution >= 4 is 29.5 Å². The second kappa shape index (κ2) is 5.00. The topological polar surface area (TPSA) is 108 Å². The Labute approximate surface area is 107 Å². The number of carbonyl (C=O) groups is 1. The molecule has 0 aliphatic rings. The van der Waals surface area contributed by atoms with Crippen LogP contribution in [0.1, 0.15) is 0 Å². The number of H-pyrrole nitrogens is 1. The lowest BCUT2D eigenvalue weighted by molar-refractivity contribution is 0.152. The largest absolute Gasteiger partial charge is 0.479 e. The van der Waals surface area contributed by atoms with E-state index in [9.17, 15) is 4.79 Å². The Bertz CT molecular complexity index is 635. The van der Waals surface area contributed by atoms with E-state index in [2.05, 4.69) is 19.7 Å². The summed E-state index contributed by atoms with van der Waals surface area (Å²) in [4.78, 5) is 21.5. The molecule has 0 aliphatic heterocycles. The van der Waals surface area contributed by atoms with Gasteiger partial charge in [0.05, 0.1) is 13.7 Å². The SMILES string of the molecule is COc1ncnc2c1[nH]c(=S)n2CCOC(N)=O. The van der Waals surface area contributed by atoms with E-state index < -0.39 is 6.09 Å². The van der Waals surface area contributed by atoms with Gasteiger partial charge >= 0.3 is 6.09 Å². The van der Waals surface area contributed by atoms with Crippen molar-refractivity contribution in [3.63, 3.8) is 0 Å². The third kappa shape index (κ3) is 2.25. The van der Waals surface area contributed by atoms with Crippen molar-refractivity contribution < 1.29 is 14.3 Å². The molecule has 0 aromatic carbocycles. The molecular weight excluding hydrogens is 258 g/mol. The van der Waals surface area contributed by atoms with Crippen LogP contribution in [-0.4, -0.2) is 39.3 Å². The van der Waals surface area contributed by atoms with Gasteiger partial charge in [-0.2, -0.15) is 4.98 Å². The fraction of sp³-hybridized carbons (Fsp3) is 0.333. The number of fused-ring (bicyclic) bond motifs is 1. The number of amides is 1. The molecule has 2 rings (SSSR count). The normalized spacial score (nSPS) is 10.5. The lowest BCUT2D eigenvalue weighted by atomic mass is 10.5. The minimum absolute atomic E-state index is 0.114. The van der Waals surface area contributed by atoms with Gasteiger partial charge in [-0.1, -0.05) is 0 Å². The first-order valence-corrected chi connectivity index (χ1v) is 5.44. The van der Waals surface area contributed by atoms with E-state index in [1.807, 2.05) is 0 Å². The average molecular weight is 269 g/mol. The number of nitrogens with one attached hydrogen (secondary N) is 1. The number of ether oxygens (including phenoxy) is 2. The standard InChI is InChI=1S/C9H11N5O3S/c1-16-7-5-6(11-4-12-7)14(9(18)13-5)2-3-17-8(10)15/h4H,2-3H2,1H3,(H2,10,15)(H,13,18). The van der Waals surface area contributed by atoms with Crippen molar-refractivity contribution in [1.29, 1.82) is 0 Å². The van der Waals surface area contributed by atoms with Crippen LogP contribution in [-0.2, 0) is 11.3 Å². The van der Waals surface area contributed by atoms with Gasteiger partial charge in [0.1, 0.15) is 18.5 Å². The van der Waals surface area contributed by atoms with Crippen molar-refractivity contribution in [2.24, 2.45) is 5.73 Å². The fourth-order valence-electron chi connectivity index (χ4n) is 1.55. The molecule has 3 N–H and O–H groups in total. The van der Waals surface area contributed by atoms with E-state index in [1.165, 1.54) is 13.4 Å². The maximum atomic E-state index is 10.5. The number of nitrogens with zero attached hydrogens (tertiary/aromatic N) is 3. The molecular formula is C9H11N5O3S. The summed E-state index contributed by atoms with van der Waals surface area (Å²) in [7, 11) is 1.51. The molecule has 8 nitrogen and oxygen atoms in total. The predicted octanol–water partition coefficient (Wildman–Crippen LogP) is 0.593. The number of hydrogen-bond acceptors (Lipinski definition) is 6. The van der Waals surface area contributed by atoms with Gasteiger partial charge in [-0.25, -0.2) is 9.78 Å².